The number of hydrogen-bond acceptors (Lipinski definition) is 6. The molecule has 2 rings (SSSR count). The maximum Gasteiger partial charge on any atom is 0.338 e. The van der Waals surface area contributed by atoms with Crippen molar-refractivity contribution in [2.24, 2.45) is 11.7 Å². The number of nitrogens with one attached hydrogen (secondary N) is 1. The van der Waals surface area contributed by atoms with E-state index in [2.05, 4.69) is 0 Å². The molecule has 152 valence electrons. The molecule has 0 bridgehead atoms. The summed E-state index contributed by atoms with van der Waals surface area (Å²) in [6.45, 7) is 4.69. The highest BCUT2D eigenvalue weighted by Gasteiger charge is 2.27. The number of urea groups is 1. The van der Waals surface area contributed by atoms with Crippen LogP contribution in [0.25, 0.3) is 11.1 Å². The van der Waals surface area contributed by atoms with Crippen molar-refractivity contribution in [1.29, 1.82) is 0 Å². The van der Waals surface area contributed by atoms with Crippen LogP contribution in [0.1, 0.15) is 31.1 Å². The number of carbonyl (C=O) groups is 4. The second kappa shape index (κ2) is 9.50. The summed E-state index contributed by atoms with van der Waals surface area (Å²) in [6.07, 6.45) is -1.15. The number of hydrogen-bond donors (Lipinski definition) is 2. The number of carbonyl (C=O) groups excluding carboxylic acids is 4. The fourth-order valence-corrected chi connectivity index (χ4v) is 2.55. The van der Waals surface area contributed by atoms with Gasteiger partial charge in [-0.15, -0.1) is 0 Å². The number of esters is 2. The van der Waals surface area contributed by atoms with Gasteiger partial charge in [-0.3, -0.25) is 14.9 Å². The van der Waals surface area contributed by atoms with Crippen molar-refractivity contribution in [3.8, 4) is 16.9 Å². The van der Waals surface area contributed by atoms with E-state index in [1.807, 2.05) is 5.32 Å². The van der Waals surface area contributed by atoms with E-state index >= 15 is 0 Å². The molecule has 3 amide bonds. The van der Waals surface area contributed by atoms with Gasteiger partial charge in [0.05, 0.1) is 5.56 Å². The molecule has 0 radical (unpaired) electrons. The Morgan fingerprint density at radius 1 is 0.897 bits per heavy atom. The van der Waals surface area contributed by atoms with Crippen LogP contribution in [0.4, 0.5) is 4.79 Å². The summed E-state index contributed by atoms with van der Waals surface area (Å²) in [5.74, 6) is -1.78. The van der Waals surface area contributed by atoms with Crippen molar-refractivity contribution in [2.75, 3.05) is 0 Å². The van der Waals surface area contributed by atoms with Crippen molar-refractivity contribution >= 4 is 23.9 Å². The lowest BCUT2D eigenvalue weighted by atomic mass is 10.0. The minimum absolute atomic E-state index is 0.253. The molecule has 2 aromatic rings. The summed E-state index contributed by atoms with van der Waals surface area (Å²) in [5.41, 5.74) is 6.89. The topological polar surface area (TPSA) is 125 Å². The Bertz CT molecular complexity index is 904. The molecule has 8 nitrogen and oxygen atoms in total. The first-order valence-corrected chi connectivity index (χ1v) is 8.87. The monoisotopic (exact) mass is 398 g/mol. The third-order valence-corrected chi connectivity index (χ3v) is 3.91. The highest BCUT2D eigenvalue weighted by atomic mass is 16.5. The lowest BCUT2D eigenvalue weighted by molar-refractivity contribution is -0.132. The number of nitrogens with two attached hydrogens (primary N) is 1. The van der Waals surface area contributed by atoms with Crippen molar-refractivity contribution < 1.29 is 28.7 Å². The number of imide groups is 1. The van der Waals surface area contributed by atoms with E-state index in [1.54, 1.807) is 62.4 Å². The third-order valence-electron chi connectivity index (χ3n) is 3.91. The molecule has 0 aliphatic rings. The molecule has 2 aromatic carbocycles. The summed E-state index contributed by atoms with van der Waals surface area (Å²) < 4.78 is 10.2. The molecular formula is C21H22N2O6. The minimum atomic E-state index is -1.15. The zero-order valence-corrected chi connectivity index (χ0v) is 16.3. The van der Waals surface area contributed by atoms with Gasteiger partial charge in [0.15, 0.2) is 6.10 Å². The molecule has 0 saturated heterocycles. The molecule has 0 unspecified atom stereocenters. The fourth-order valence-electron chi connectivity index (χ4n) is 2.55. The molecular weight excluding hydrogens is 376 g/mol. The zero-order chi connectivity index (χ0) is 21.6. The standard InChI is InChI=1S/C21H22N2O6/c1-12(2)18(19(25)23-21(22)27)29-20(26)16-6-4-14(5-7-16)15-8-10-17(11-9-15)28-13(3)24/h4-12,18H,1-3H3,(H3,22,23,25,27)/t18-/m0/s1. The number of primary amides is 1. The summed E-state index contributed by atoms with van der Waals surface area (Å²) in [7, 11) is 0. The highest BCUT2D eigenvalue weighted by Crippen LogP contribution is 2.23. The van der Waals surface area contributed by atoms with E-state index in [0.29, 0.717) is 5.75 Å². The average Bonchev–Trinajstić information content (AvgIpc) is 2.65. The van der Waals surface area contributed by atoms with Crippen LogP contribution < -0.4 is 15.8 Å². The first kappa shape index (κ1) is 21.6. The molecule has 0 spiro atoms. The van der Waals surface area contributed by atoms with Gasteiger partial charge in [-0.2, -0.15) is 0 Å². The van der Waals surface area contributed by atoms with Gasteiger partial charge in [0.25, 0.3) is 5.91 Å². The van der Waals surface area contributed by atoms with Crippen LogP contribution in [0, 0.1) is 5.92 Å². The molecule has 3 N–H and O–H groups in total. The first-order chi connectivity index (χ1) is 13.7. The van der Waals surface area contributed by atoms with E-state index < -0.39 is 30.0 Å². The van der Waals surface area contributed by atoms with Crippen LogP contribution >= 0.6 is 0 Å². The van der Waals surface area contributed by atoms with Crippen LogP contribution in [0.15, 0.2) is 48.5 Å². The minimum Gasteiger partial charge on any atom is -0.448 e. The SMILES string of the molecule is CC(=O)Oc1ccc(-c2ccc(C(=O)O[C@H](C(=O)NC(N)=O)C(C)C)cc2)cc1. The Morgan fingerprint density at radius 3 is 1.86 bits per heavy atom. The zero-order valence-electron chi connectivity index (χ0n) is 16.3. The summed E-state index contributed by atoms with van der Waals surface area (Å²) >= 11 is 0. The van der Waals surface area contributed by atoms with Gasteiger partial charge in [-0.05, 0) is 41.3 Å². The van der Waals surface area contributed by atoms with E-state index in [1.165, 1.54) is 6.92 Å². The molecule has 0 fully saturated rings. The van der Waals surface area contributed by atoms with Gasteiger partial charge in [-0.25, -0.2) is 9.59 Å². The van der Waals surface area contributed by atoms with Crippen LogP contribution in [-0.4, -0.2) is 30.0 Å². The Kier molecular flexibility index (Phi) is 7.08. The van der Waals surface area contributed by atoms with Gasteiger partial charge < -0.3 is 15.2 Å². The van der Waals surface area contributed by atoms with E-state index in [9.17, 15) is 19.2 Å². The third kappa shape index (κ3) is 6.17. The van der Waals surface area contributed by atoms with Crippen LogP contribution in [0.2, 0.25) is 0 Å². The highest BCUT2D eigenvalue weighted by molar-refractivity contribution is 5.98. The van der Waals surface area contributed by atoms with Gasteiger partial charge in [0.2, 0.25) is 0 Å². The Morgan fingerprint density at radius 2 is 1.41 bits per heavy atom. The number of rotatable bonds is 6. The molecule has 29 heavy (non-hydrogen) atoms. The maximum absolute atomic E-state index is 12.4. The Hall–Kier alpha value is -3.68. The van der Waals surface area contributed by atoms with Gasteiger partial charge in [0.1, 0.15) is 5.75 Å². The van der Waals surface area contributed by atoms with E-state index in [-0.39, 0.29) is 11.5 Å². The summed E-state index contributed by atoms with van der Waals surface area (Å²) in [5, 5.41) is 1.92. The van der Waals surface area contributed by atoms with Crippen molar-refractivity contribution in [3.63, 3.8) is 0 Å². The summed E-state index contributed by atoms with van der Waals surface area (Å²) in [6, 6.07) is 12.5. The molecule has 8 heteroatoms. The Balaban J connectivity index is 2.10. The smallest absolute Gasteiger partial charge is 0.338 e. The number of benzene rings is 2. The predicted octanol–water partition coefficient (Wildman–Crippen LogP) is 2.66. The van der Waals surface area contributed by atoms with Gasteiger partial charge in [-0.1, -0.05) is 38.1 Å². The maximum atomic E-state index is 12.4. The number of amides is 3. The second-order valence-corrected chi connectivity index (χ2v) is 6.62. The quantitative estimate of drug-likeness (QED) is 0.569. The largest absolute Gasteiger partial charge is 0.448 e. The second-order valence-electron chi connectivity index (χ2n) is 6.62. The Labute approximate surface area is 168 Å². The van der Waals surface area contributed by atoms with Crippen molar-refractivity contribution in [3.05, 3.63) is 54.1 Å². The van der Waals surface area contributed by atoms with E-state index in [0.717, 1.165) is 11.1 Å². The van der Waals surface area contributed by atoms with Gasteiger partial charge in [0, 0.05) is 6.92 Å². The van der Waals surface area contributed by atoms with Crippen molar-refractivity contribution in [2.45, 2.75) is 26.9 Å². The van der Waals surface area contributed by atoms with Crippen LogP contribution in [0.3, 0.4) is 0 Å². The molecule has 0 heterocycles. The molecule has 0 aliphatic heterocycles. The fraction of sp³-hybridized carbons (Fsp3) is 0.238. The first-order valence-electron chi connectivity index (χ1n) is 8.87. The normalized spacial score (nSPS) is 11.4. The average molecular weight is 398 g/mol. The lowest BCUT2D eigenvalue weighted by Crippen LogP contribution is -2.45. The van der Waals surface area contributed by atoms with Crippen LogP contribution in [0.5, 0.6) is 5.75 Å². The van der Waals surface area contributed by atoms with Gasteiger partial charge >= 0.3 is 18.0 Å². The molecule has 0 aliphatic carbocycles. The lowest BCUT2D eigenvalue weighted by Gasteiger charge is -2.19. The van der Waals surface area contributed by atoms with Crippen molar-refractivity contribution in [1.82, 2.24) is 5.32 Å². The number of ether oxygens (including phenoxy) is 2. The molecule has 0 saturated carbocycles. The molecule has 1 atom stereocenters. The molecule has 0 aromatic heterocycles. The van der Waals surface area contributed by atoms with E-state index in [4.69, 9.17) is 15.2 Å². The van der Waals surface area contributed by atoms with Crippen LogP contribution in [-0.2, 0) is 14.3 Å². The predicted molar refractivity (Wildman–Crippen MR) is 105 cm³/mol. The summed E-state index contributed by atoms with van der Waals surface area (Å²) in [4.78, 5) is 46.2.